The fraction of sp³-hybridized carbons (Fsp3) is 0.462. The molecule has 0 aliphatic carbocycles. The Bertz CT molecular complexity index is 390. The van der Waals surface area contributed by atoms with Gasteiger partial charge < -0.3 is 15.2 Å². The Balaban J connectivity index is 1.69. The first kappa shape index (κ1) is 13.2. The molecule has 1 heterocycles. The maximum atomic E-state index is 11.5. The van der Waals surface area contributed by atoms with E-state index in [4.69, 9.17) is 4.74 Å². The summed E-state index contributed by atoms with van der Waals surface area (Å²) in [6, 6.07) is 9.50. The van der Waals surface area contributed by atoms with Gasteiger partial charge in [-0.3, -0.25) is 0 Å². The zero-order valence-corrected chi connectivity index (χ0v) is 10.9. The average molecular weight is 267 g/mol. The Hall–Kier alpha value is -1.20. The van der Waals surface area contributed by atoms with Crippen LogP contribution in [0.3, 0.4) is 0 Å². The van der Waals surface area contributed by atoms with E-state index in [1.165, 1.54) is 0 Å². The molecule has 0 bridgehead atoms. The fourth-order valence-electron chi connectivity index (χ4n) is 1.75. The number of hydrogen-bond acceptors (Lipinski definition) is 4. The van der Waals surface area contributed by atoms with Gasteiger partial charge in [0, 0.05) is 5.75 Å². The lowest BCUT2D eigenvalue weighted by Crippen LogP contribution is -2.43. The third-order valence-electron chi connectivity index (χ3n) is 2.86. The van der Waals surface area contributed by atoms with Crippen molar-refractivity contribution in [1.29, 1.82) is 0 Å². The Morgan fingerprint density at radius 3 is 2.89 bits per heavy atom. The minimum Gasteiger partial charge on any atom is -0.445 e. The van der Waals surface area contributed by atoms with Crippen molar-refractivity contribution in [2.24, 2.45) is 0 Å². The molecule has 2 rings (SSSR count). The molecule has 1 amide bonds. The molecule has 1 aromatic rings. The van der Waals surface area contributed by atoms with E-state index in [9.17, 15) is 9.90 Å². The molecule has 1 aliphatic rings. The van der Waals surface area contributed by atoms with Crippen LogP contribution in [0, 0.1) is 0 Å². The molecular weight excluding hydrogens is 250 g/mol. The van der Waals surface area contributed by atoms with Crippen LogP contribution in [0.25, 0.3) is 0 Å². The van der Waals surface area contributed by atoms with Crippen LogP contribution < -0.4 is 5.32 Å². The van der Waals surface area contributed by atoms with Gasteiger partial charge in [0.1, 0.15) is 6.61 Å². The molecule has 98 valence electrons. The number of aliphatic hydroxyl groups is 1. The predicted molar refractivity (Wildman–Crippen MR) is 71.5 cm³/mol. The lowest BCUT2D eigenvalue weighted by atomic mass is 10.0. The lowest BCUT2D eigenvalue weighted by molar-refractivity contribution is 0.0627. The summed E-state index contributed by atoms with van der Waals surface area (Å²) in [6.45, 7) is 0.507. The van der Waals surface area contributed by atoms with Crippen LogP contribution in [-0.4, -0.2) is 34.9 Å². The third kappa shape index (κ3) is 3.92. The van der Waals surface area contributed by atoms with E-state index in [0.29, 0.717) is 5.75 Å². The lowest BCUT2D eigenvalue weighted by Gasteiger charge is -2.21. The van der Waals surface area contributed by atoms with Crippen molar-refractivity contribution in [3.05, 3.63) is 35.9 Å². The van der Waals surface area contributed by atoms with Crippen LogP contribution >= 0.6 is 11.8 Å². The summed E-state index contributed by atoms with van der Waals surface area (Å²) in [6.07, 6.45) is 0.237. The average Bonchev–Trinajstić information content (AvgIpc) is 2.83. The third-order valence-corrected chi connectivity index (χ3v) is 4.09. The minimum absolute atomic E-state index is 0.250. The number of hydrogen-bond donors (Lipinski definition) is 2. The molecule has 0 spiro atoms. The van der Waals surface area contributed by atoms with Gasteiger partial charge in [-0.2, -0.15) is 11.8 Å². The van der Waals surface area contributed by atoms with E-state index in [0.717, 1.165) is 17.7 Å². The Morgan fingerprint density at radius 2 is 2.22 bits per heavy atom. The van der Waals surface area contributed by atoms with E-state index in [1.54, 1.807) is 11.8 Å². The van der Waals surface area contributed by atoms with Crippen molar-refractivity contribution in [2.75, 3.05) is 18.1 Å². The van der Waals surface area contributed by atoms with Gasteiger partial charge in [-0.1, -0.05) is 30.3 Å². The molecule has 5 heteroatoms. The van der Waals surface area contributed by atoms with Crippen molar-refractivity contribution in [3.8, 4) is 0 Å². The summed E-state index contributed by atoms with van der Waals surface area (Å²) >= 11 is 1.70. The van der Waals surface area contributed by atoms with E-state index in [-0.39, 0.29) is 13.2 Å². The van der Waals surface area contributed by atoms with Gasteiger partial charge >= 0.3 is 6.09 Å². The van der Waals surface area contributed by atoms with Crippen LogP contribution in [0.4, 0.5) is 4.79 Å². The number of benzene rings is 1. The van der Waals surface area contributed by atoms with Crippen LogP contribution in [0.2, 0.25) is 0 Å². The second kappa shape index (κ2) is 6.11. The summed E-state index contributed by atoms with van der Waals surface area (Å²) in [5, 5.41) is 12.6. The van der Waals surface area contributed by atoms with Crippen molar-refractivity contribution in [2.45, 2.75) is 18.6 Å². The highest BCUT2D eigenvalue weighted by molar-refractivity contribution is 7.99. The molecular formula is C13H17NO3S. The highest BCUT2D eigenvalue weighted by Gasteiger charge is 2.32. The van der Waals surface area contributed by atoms with Crippen LogP contribution in [-0.2, 0) is 11.3 Å². The number of ether oxygens (including phenoxy) is 1. The number of carbonyl (C=O) groups excluding carboxylic acids is 1. The first-order valence-corrected chi connectivity index (χ1v) is 7.08. The number of thioether (sulfide) groups is 1. The summed E-state index contributed by atoms with van der Waals surface area (Å²) in [5.74, 6) is 1.61. The van der Waals surface area contributed by atoms with Crippen molar-refractivity contribution in [1.82, 2.24) is 5.32 Å². The summed E-state index contributed by atoms with van der Waals surface area (Å²) in [5.41, 5.74) is 0.180. The van der Waals surface area contributed by atoms with Crippen molar-refractivity contribution in [3.63, 3.8) is 0 Å². The van der Waals surface area contributed by atoms with Gasteiger partial charge in [0.15, 0.2) is 0 Å². The SMILES string of the molecule is O=C(NCC1(O)CCSC1)OCc1ccccc1. The molecule has 2 N–H and O–H groups in total. The van der Waals surface area contributed by atoms with Gasteiger partial charge in [-0.15, -0.1) is 0 Å². The standard InChI is InChI=1S/C13H17NO3S/c15-12(14-9-13(16)6-7-18-10-13)17-8-11-4-2-1-3-5-11/h1-5,16H,6-10H2,(H,14,15). The van der Waals surface area contributed by atoms with Crippen LogP contribution in [0.5, 0.6) is 0 Å². The van der Waals surface area contributed by atoms with Gasteiger partial charge in [0.05, 0.1) is 12.1 Å². The first-order valence-electron chi connectivity index (χ1n) is 5.93. The van der Waals surface area contributed by atoms with Gasteiger partial charge in [-0.25, -0.2) is 4.79 Å². The van der Waals surface area contributed by atoms with Crippen molar-refractivity contribution >= 4 is 17.9 Å². The van der Waals surface area contributed by atoms with Gasteiger partial charge in [-0.05, 0) is 17.7 Å². The molecule has 1 unspecified atom stereocenters. The predicted octanol–water partition coefficient (Wildman–Crippen LogP) is 1.78. The van der Waals surface area contributed by atoms with E-state index in [1.807, 2.05) is 30.3 Å². The number of alkyl carbamates (subject to hydrolysis) is 1. The Labute approximate surface area is 111 Å². The monoisotopic (exact) mass is 267 g/mol. The smallest absolute Gasteiger partial charge is 0.407 e. The maximum Gasteiger partial charge on any atom is 0.407 e. The highest BCUT2D eigenvalue weighted by Crippen LogP contribution is 2.26. The van der Waals surface area contributed by atoms with E-state index < -0.39 is 11.7 Å². The topological polar surface area (TPSA) is 58.6 Å². The summed E-state index contributed by atoms with van der Waals surface area (Å²) in [4.78, 5) is 11.5. The normalized spacial score (nSPS) is 22.7. The summed E-state index contributed by atoms with van der Waals surface area (Å²) in [7, 11) is 0. The molecule has 1 fully saturated rings. The van der Waals surface area contributed by atoms with Crippen molar-refractivity contribution < 1.29 is 14.6 Å². The first-order chi connectivity index (χ1) is 8.68. The molecule has 1 aliphatic heterocycles. The number of carbonyl (C=O) groups is 1. The largest absolute Gasteiger partial charge is 0.445 e. The maximum absolute atomic E-state index is 11.5. The van der Waals surface area contributed by atoms with Crippen LogP contribution in [0.1, 0.15) is 12.0 Å². The second-order valence-electron chi connectivity index (χ2n) is 4.44. The van der Waals surface area contributed by atoms with Gasteiger partial charge in [0.2, 0.25) is 0 Å². The van der Waals surface area contributed by atoms with Gasteiger partial charge in [0.25, 0.3) is 0 Å². The molecule has 18 heavy (non-hydrogen) atoms. The van der Waals surface area contributed by atoms with Crippen LogP contribution in [0.15, 0.2) is 30.3 Å². The number of nitrogens with one attached hydrogen (secondary N) is 1. The fourth-order valence-corrected chi connectivity index (χ4v) is 3.04. The Kier molecular flexibility index (Phi) is 4.49. The molecule has 0 radical (unpaired) electrons. The summed E-state index contributed by atoms with van der Waals surface area (Å²) < 4.78 is 5.06. The number of rotatable bonds is 4. The molecule has 4 nitrogen and oxygen atoms in total. The molecule has 1 saturated heterocycles. The Morgan fingerprint density at radius 1 is 1.44 bits per heavy atom. The number of amides is 1. The molecule has 1 aromatic carbocycles. The van der Waals surface area contributed by atoms with E-state index >= 15 is 0 Å². The zero-order chi connectivity index (χ0) is 12.8. The highest BCUT2D eigenvalue weighted by atomic mass is 32.2. The zero-order valence-electron chi connectivity index (χ0n) is 10.1. The molecule has 1 atom stereocenters. The minimum atomic E-state index is -0.767. The van der Waals surface area contributed by atoms with E-state index in [2.05, 4.69) is 5.32 Å². The molecule has 0 saturated carbocycles. The molecule has 0 aromatic heterocycles. The quantitative estimate of drug-likeness (QED) is 0.873. The second-order valence-corrected chi connectivity index (χ2v) is 5.55.